The van der Waals surface area contributed by atoms with Crippen LogP contribution < -0.4 is 20.1 Å². The third-order valence-electron chi connectivity index (χ3n) is 4.31. The first-order chi connectivity index (χ1) is 13.0. The molecular formula is C19H20FN3O4. The number of hydrogen-bond acceptors (Lipinski definition) is 4. The Labute approximate surface area is 156 Å². The van der Waals surface area contributed by atoms with Gasteiger partial charge in [0.1, 0.15) is 11.9 Å². The summed E-state index contributed by atoms with van der Waals surface area (Å²) in [5.41, 5.74) is 0.619. The Bertz CT molecular complexity index is 859. The molecule has 0 saturated carbocycles. The van der Waals surface area contributed by atoms with Crippen molar-refractivity contribution in [3.8, 4) is 11.5 Å². The van der Waals surface area contributed by atoms with E-state index < -0.39 is 23.8 Å². The van der Waals surface area contributed by atoms with Crippen LogP contribution in [-0.4, -0.2) is 44.1 Å². The average molecular weight is 373 g/mol. The van der Waals surface area contributed by atoms with E-state index in [0.717, 1.165) is 0 Å². The maximum Gasteiger partial charge on any atom is 0.322 e. The predicted molar refractivity (Wildman–Crippen MR) is 97.4 cm³/mol. The molecule has 142 valence electrons. The molecule has 1 unspecified atom stereocenters. The minimum absolute atomic E-state index is 0.150. The number of anilines is 1. The van der Waals surface area contributed by atoms with Crippen LogP contribution in [0.15, 0.2) is 42.5 Å². The lowest BCUT2D eigenvalue weighted by molar-refractivity contribution is -0.127. The second-order valence-corrected chi connectivity index (χ2v) is 5.91. The summed E-state index contributed by atoms with van der Waals surface area (Å²) in [4.78, 5) is 26.5. The molecule has 1 saturated heterocycles. The highest BCUT2D eigenvalue weighted by atomic mass is 19.1. The highest BCUT2D eigenvalue weighted by Crippen LogP contribution is 2.31. The third kappa shape index (κ3) is 3.79. The number of nitrogens with one attached hydrogen (secondary N) is 2. The van der Waals surface area contributed by atoms with Crippen LogP contribution in [0.2, 0.25) is 0 Å². The maximum absolute atomic E-state index is 14.2. The van der Waals surface area contributed by atoms with Crippen LogP contribution in [-0.2, 0) is 4.79 Å². The number of methoxy groups -OCH3 is 2. The number of carbonyl (C=O) groups excluding carboxylic acids is 2. The molecule has 1 atom stereocenters. The zero-order chi connectivity index (χ0) is 19.4. The predicted octanol–water partition coefficient (Wildman–Crippen LogP) is 2.55. The minimum Gasteiger partial charge on any atom is -0.493 e. The second kappa shape index (κ2) is 7.94. The highest BCUT2D eigenvalue weighted by molar-refractivity contribution is 5.95. The number of halogens is 1. The van der Waals surface area contributed by atoms with E-state index in [1.165, 1.54) is 37.3 Å². The van der Waals surface area contributed by atoms with E-state index in [9.17, 15) is 14.0 Å². The zero-order valence-corrected chi connectivity index (χ0v) is 15.0. The van der Waals surface area contributed by atoms with Gasteiger partial charge in [0.05, 0.1) is 14.2 Å². The number of piperazine rings is 1. The molecule has 0 bridgehead atoms. The Morgan fingerprint density at radius 1 is 1.19 bits per heavy atom. The van der Waals surface area contributed by atoms with Crippen LogP contribution in [0.1, 0.15) is 11.6 Å². The van der Waals surface area contributed by atoms with Gasteiger partial charge in [-0.2, -0.15) is 0 Å². The lowest BCUT2D eigenvalue weighted by atomic mass is 10.0. The summed E-state index contributed by atoms with van der Waals surface area (Å²) in [6.45, 7) is 0.549. The van der Waals surface area contributed by atoms with Crippen molar-refractivity contribution in [3.63, 3.8) is 0 Å². The first-order valence-electron chi connectivity index (χ1n) is 8.37. The van der Waals surface area contributed by atoms with E-state index in [-0.39, 0.29) is 12.1 Å². The number of amides is 3. The standard InChI is InChI=1S/C19H20FN3O4/c1-26-15-8-7-12(11-16(15)27-2)22-19(25)23-10-9-21-18(24)17(23)13-5-3-4-6-14(13)20/h3-8,11,17H,9-10H2,1-2H3,(H,21,24)(H,22,25). The number of nitrogens with zero attached hydrogens (tertiary/aromatic N) is 1. The van der Waals surface area contributed by atoms with Crippen molar-refractivity contribution >= 4 is 17.6 Å². The molecule has 3 amide bonds. The third-order valence-corrected chi connectivity index (χ3v) is 4.31. The number of urea groups is 1. The van der Waals surface area contributed by atoms with Crippen molar-refractivity contribution in [2.24, 2.45) is 0 Å². The quantitative estimate of drug-likeness (QED) is 0.863. The van der Waals surface area contributed by atoms with E-state index in [0.29, 0.717) is 23.7 Å². The molecule has 2 N–H and O–H groups in total. The molecule has 1 heterocycles. The van der Waals surface area contributed by atoms with Crippen molar-refractivity contribution < 1.29 is 23.5 Å². The summed E-state index contributed by atoms with van der Waals surface area (Å²) in [7, 11) is 3.01. The summed E-state index contributed by atoms with van der Waals surface area (Å²) in [6.07, 6.45) is 0. The normalized spacial score (nSPS) is 16.5. The van der Waals surface area contributed by atoms with Crippen molar-refractivity contribution in [1.29, 1.82) is 0 Å². The zero-order valence-electron chi connectivity index (χ0n) is 15.0. The molecule has 0 aromatic heterocycles. The van der Waals surface area contributed by atoms with Crippen LogP contribution >= 0.6 is 0 Å². The van der Waals surface area contributed by atoms with Gasteiger partial charge in [0, 0.05) is 30.4 Å². The monoisotopic (exact) mass is 373 g/mol. The van der Waals surface area contributed by atoms with Gasteiger partial charge >= 0.3 is 6.03 Å². The first-order valence-corrected chi connectivity index (χ1v) is 8.37. The number of ether oxygens (including phenoxy) is 2. The molecule has 2 aromatic carbocycles. The summed E-state index contributed by atoms with van der Waals surface area (Å²) < 4.78 is 24.6. The Morgan fingerprint density at radius 2 is 1.93 bits per heavy atom. The van der Waals surface area contributed by atoms with Gasteiger partial charge in [-0.3, -0.25) is 4.79 Å². The molecule has 1 aliphatic heterocycles. The minimum atomic E-state index is -1.04. The van der Waals surface area contributed by atoms with Gasteiger partial charge in [0.2, 0.25) is 5.91 Å². The van der Waals surface area contributed by atoms with Gasteiger partial charge in [0.25, 0.3) is 0 Å². The smallest absolute Gasteiger partial charge is 0.322 e. The molecule has 7 nitrogen and oxygen atoms in total. The number of benzene rings is 2. The molecule has 27 heavy (non-hydrogen) atoms. The molecule has 0 spiro atoms. The van der Waals surface area contributed by atoms with Crippen LogP contribution in [0.5, 0.6) is 11.5 Å². The molecule has 1 fully saturated rings. The van der Waals surface area contributed by atoms with Crippen molar-refractivity contribution in [1.82, 2.24) is 10.2 Å². The van der Waals surface area contributed by atoms with Gasteiger partial charge in [-0.1, -0.05) is 18.2 Å². The number of carbonyl (C=O) groups is 2. The fraction of sp³-hybridized carbons (Fsp3) is 0.263. The highest BCUT2D eigenvalue weighted by Gasteiger charge is 2.36. The molecule has 0 aliphatic carbocycles. The number of rotatable bonds is 4. The van der Waals surface area contributed by atoms with Gasteiger partial charge in [-0.25, -0.2) is 9.18 Å². The van der Waals surface area contributed by atoms with Gasteiger partial charge in [0.15, 0.2) is 11.5 Å². The van der Waals surface area contributed by atoms with E-state index in [1.54, 1.807) is 24.3 Å². The Morgan fingerprint density at radius 3 is 2.63 bits per heavy atom. The Hall–Kier alpha value is -3.29. The van der Waals surface area contributed by atoms with Gasteiger partial charge < -0.3 is 25.0 Å². The lowest BCUT2D eigenvalue weighted by Crippen LogP contribution is -2.53. The first kappa shape index (κ1) is 18.5. The fourth-order valence-corrected chi connectivity index (χ4v) is 3.00. The Balaban J connectivity index is 1.86. The second-order valence-electron chi connectivity index (χ2n) is 5.91. The topological polar surface area (TPSA) is 79.9 Å². The van der Waals surface area contributed by atoms with Crippen LogP contribution in [0.3, 0.4) is 0 Å². The van der Waals surface area contributed by atoms with Crippen LogP contribution in [0.25, 0.3) is 0 Å². The summed E-state index contributed by atoms with van der Waals surface area (Å²) in [5.74, 6) is 0.0201. The molecule has 2 aromatic rings. The molecule has 0 radical (unpaired) electrons. The summed E-state index contributed by atoms with van der Waals surface area (Å²) in [5, 5.41) is 5.40. The van der Waals surface area contributed by atoms with Crippen LogP contribution in [0, 0.1) is 5.82 Å². The molecule has 1 aliphatic rings. The lowest BCUT2D eigenvalue weighted by Gasteiger charge is -2.35. The molecule has 3 rings (SSSR count). The van der Waals surface area contributed by atoms with Crippen molar-refractivity contribution in [2.45, 2.75) is 6.04 Å². The van der Waals surface area contributed by atoms with E-state index in [1.807, 2.05) is 0 Å². The maximum atomic E-state index is 14.2. The largest absolute Gasteiger partial charge is 0.493 e. The average Bonchev–Trinajstić information content (AvgIpc) is 2.68. The van der Waals surface area contributed by atoms with Crippen molar-refractivity contribution in [3.05, 3.63) is 53.8 Å². The van der Waals surface area contributed by atoms with E-state index in [2.05, 4.69) is 10.6 Å². The van der Waals surface area contributed by atoms with Gasteiger partial charge in [-0.05, 0) is 18.2 Å². The SMILES string of the molecule is COc1ccc(NC(=O)N2CCNC(=O)C2c2ccccc2F)cc1OC. The Kier molecular flexibility index (Phi) is 5.44. The van der Waals surface area contributed by atoms with Crippen molar-refractivity contribution in [2.75, 3.05) is 32.6 Å². The molecule has 8 heteroatoms. The van der Waals surface area contributed by atoms with Gasteiger partial charge in [-0.15, -0.1) is 0 Å². The van der Waals surface area contributed by atoms with E-state index >= 15 is 0 Å². The van der Waals surface area contributed by atoms with Crippen LogP contribution in [0.4, 0.5) is 14.9 Å². The fourth-order valence-electron chi connectivity index (χ4n) is 3.00. The van der Waals surface area contributed by atoms with E-state index in [4.69, 9.17) is 9.47 Å². The summed E-state index contributed by atoms with van der Waals surface area (Å²) >= 11 is 0. The molecular weight excluding hydrogens is 353 g/mol. The summed E-state index contributed by atoms with van der Waals surface area (Å²) in [6, 6.07) is 9.30. The number of hydrogen-bond donors (Lipinski definition) is 2.